The molecule has 1 saturated heterocycles. The molecule has 0 bridgehead atoms. The average molecular weight is 325 g/mol. The van der Waals surface area contributed by atoms with Crippen LogP contribution in [-0.2, 0) is 10.0 Å². The number of piperazine rings is 1. The smallest absolute Gasteiger partial charge is 0.243 e. The lowest BCUT2D eigenvalue weighted by molar-refractivity contribution is 0.310. The SMILES string of the molecule is Cc1cc(Cl)ccc1S(=O)(=O)N1CCNC(C)C1.Cl. The topological polar surface area (TPSA) is 49.4 Å². The zero-order valence-electron chi connectivity index (χ0n) is 10.9. The molecular weight excluding hydrogens is 307 g/mol. The molecule has 1 N–H and O–H groups in total. The number of nitrogens with one attached hydrogen (secondary N) is 1. The van der Waals surface area contributed by atoms with Gasteiger partial charge in [0.15, 0.2) is 0 Å². The van der Waals surface area contributed by atoms with Gasteiger partial charge in [-0.25, -0.2) is 8.42 Å². The molecule has 2 rings (SSSR count). The minimum atomic E-state index is -3.41. The number of hydrogen-bond donors (Lipinski definition) is 1. The van der Waals surface area contributed by atoms with Crippen LogP contribution in [0.1, 0.15) is 12.5 Å². The third kappa shape index (κ3) is 3.61. The summed E-state index contributed by atoms with van der Waals surface area (Å²) in [7, 11) is -3.41. The van der Waals surface area contributed by atoms with E-state index in [4.69, 9.17) is 11.6 Å². The first-order valence-electron chi connectivity index (χ1n) is 5.91. The lowest BCUT2D eigenvalue weighted by Gasteiger charge is -2.31. The second-order valence-electron chi connectivity index (χ2n) is 4.63. The molecule has 0 saturated carbocycles. The van der Waals surface area contributed by atoms with Crippen LogP contribution in [0, 0.1) is 6.92 Å². The van der Waals surface area contributed by atoms with Crippen LogP contribution >= 0.6 is 24.0 Å². The van der Waals surface area contributed by atoms with Gasteiger partial charge < -0.3 is 5.32 Å². The van der Waals surface area contributed by atoms with Crippen LogP contribution in [0.2, 0.25) is 5.02 Å². The summed E-state index contributed by atoms with van der Waals surface area (Å²) in [6, 6.07) is 5.06. The van der Waals surface area contributed by atoms with Crippen LogP contribution < -0.4 is 5.32 Å². The minimum absolute atomic E-state index is 0. The molecule has 0 spiro atoms. The Kier molecular flexibility index (Phi) is 5.65. The van der Waals surface area contributed by atoms with Crippen LogP contribution in [0.15, 0.2) is 23.1 Å². The highest BCUT2D eigenvalue weighted by Crippen LogP contribution is 2.23. The van der Waals surface area contributed by atoms with Crippen LogP contribution in [0.25, 0.3) is 0 Å². The number of halogens is 2. The Morgan fingerprint density at radius 3 is 2.68 bits per heavy atom. The highest BCUT2D eigenvalue weighted by molar-refractivity contribution is 7.89. The predicted octanol–water partition coefficient (Wildman–Crippen LogP) is 2.05. The van der Waals surface area contributed by atoms with Crippen molar-refractivity contribution in [2.45, 2.75) is 24.8 Å². The third-order valence-corrected chi connectivity index (χ3v) is 5.35. The van der Waals surface area contributed by atoms with Crippen molar-refractivity contribution in [3.8, 4) is 0 Å². The zero-order chi connectivity index (χ0) is 13.3. The molecule has 0 radical (unpaired) electrons. The van der Waals surface area contributed by atoms with Crippen molar-refractivity contribution in [2.75, 3.05) is 19.6 Å². The van der Waals surface area contributed by atoms with E-state index < -0.39 is 10.0 Å². The van der Waals surface area contributed by atoms with Gasteiger partial charge in [0.1, 0.15) is 0 Å². The molecule has 1 fully saturated rings. The van der Waals surface area contributed by atoms with E-state index in [0.29, 0.717) is 35.1 Å². The van der Waals surface area contributed by atoms with Gasteiger partial charge in [-0.1, -0.05) is 11.6 Å². The highest BCUT2D eigenvalue weighted by atomic mass is 35.5. The van der Waals surface area contributed by atoms with E-state index in [1.807, 2.05) is 6.92 Å². The van der Waals surface area contributed by atoms with E-state index in [-0.39, 0.29) is 18.4 Å². The van der Waals surface area contributed by atoms with Gasteiger partial charge >= 0.3 is 0 Å². The molecule has 1 unspecified atom stereocenters. The third-order valence-electron chi connectivity index (χ3n) is 3.09. The molecule has 19 heavy (non-hydrogen) atoms. The van der Waals surface area contributed by atoms with Crippen molar-refractivity contribution in [3.05, 3.63) is 28.8 Å². The van der Waals surface area contributed by atoms with E-state index in [2.05, 4.69) is 5.32 Å². The Morgan fingerprint density at radius 2 is 2.11 bits per heavy atom. The summed E-state index contributed by atoms with van der Waals surface area (Å²) < 4.78 is 26.6. The Bertz CT molecular complexity index is 549. The number of nitrogens with zero attached hydrogens (tertiary/aromatic N) is 1. The van der Waals surface area contributed by atoms with Gasteiger partial charge in [0, 0.05) is 30.7 Å². The molecule has 0 aliphatic carbocycles. The Balaban J connectivity index is 0.00000180. The maximum atomic E-state index is 12.5. The van der Waals surface area contributed by atoms with E-state index in [9.17, 15) is 8.42 Å². The van der Waals surface area contributed by atoms with Gasteiger partial charge in [-0.2, -0.15) is 4.31 Å². The van der Waals surface area contributed by atoms with Crippen LogP contribution in [0.4, 0.5) is 0 Å². The van der Waals surface area contributed by atoms with E-state index in [1.165, 1.54) is 4.31 Å². The van der Waals surface area contributed by atoms with E-state index in [1.54, 1.807) is 25.1 Å². The Morgan fingerprint density at radius 1 is 1.42 bits per heavy atom. The number of sulfonamides is 1. The molecule has 1 aromatic rings. The van der Waals surface area contributed by atoms with Crippen molar-refractivity contribution in [3.63, 3.8) is 0 Å². The normalized spacial score (nSPS) is 20.9. The highest BCUT2D eigenvalue weighted by Gasteiger charge is 2.29. The largest absolute Gasteiger partial charge is 0.312 e. The molecule has 4 nitrogen and oxygen atoms in total. The molecule has 0 aromatic heterocycles. The zero-order valence-corrected chi connectivity index (χ0v) is 13.3. The predicted molar refractivity (Wildman–Crippen MR) is 79.7 cm³/mol. The second kappa shape index (κ2) is 6.41. The summed E-state index contributed by atoms with van der Waals surface area (Å²) in [5, 5.41) is 3.79. The molecule has 1 aromatic carbocycles. The second-order valence-corrected chi connectivity index (χ2v) is 6.97. The standard InChI is InChI=1S/C12H17ClN2O2S.ClH/c1-9-7-11(13)3-4-12(9)18(16,17)15-6-5-14-10(2)8-15;/h3-4,7,10,14H,5-6,8H2,1-2H3;1H. The van der Waals surface area contributed by atoms with Gasteiger partial charge in [-0.05, 0) is 37.6 Å². The first-order chi connectivity index (χ1) is 8.41. The number of benzene rings is 1. The number of rotatable bonds is 2. The molecule has 1 heterocycles. The van der Waals surface area contributed by atoms with Crippen molar-refractivity contribution in [1.82, 2.24) is 9.62 Å². The quantitative estimate of drug-likeness (QED) is 0.905. The average Bonchev–Trinajstić information content (AvgIpc) is 2.28. The minimum Gasteiger partial charge on any atom is -0.312 e. The van der Waals surface area contributed by atoms with Gasteiger partial charge in [0.2, 0.25) is 10.0 Å². The van der Waals surface area contributed by atoms with Crippen molar-refractivity contribution >= 4 is 34.0 Å². The number of aryl methyl sites for hydroxylation is 1. The first-order valence-corrected chi connectivity index (χ1v) is 7.73. The molecule has 1 aliphatic heterocycles. The van der Waals surface area contributed by atoms with Crippen molar-refractivity contribution < 1.29 is 8.42 Å². The molecule has 108 valence electrons. The molecule has 0 amide bonds. The summed E-state index contributed by atoms with van der Waals surface area (Å²) in [5.41, 5.74) is 0.689. The Hall–Kier alpha value is -0.330. The van der Waals surface area contributed by atoms with Crippen LogP contribution in [-0.4, -0.2) is 38.4 Å². The van der Waals surface area contributed by atoms with Crippen molar-refractivity contribution in [2.24, 2.45) is 0 Å². The summed E-state index contributed by atoms with van der Waals surface area (Å²) in [6.07, 6.45) is 0. The fourth-order valence-electron chi connectivity index (χ4n) is 2.16. The molecular formula is C12H18Cl2N2O2S. The molecule has 1 atom stereocenters. The number of hydrogen-bond acceptors (Lipinski definition) is 3. The summed E-state index contributed by atoms with van der Waals surface area (Å²) in [5.74, 6) is 0. The van der Waals surface area contributed by atoms with Gasteiger partial charge in [0.25, 0.3) is 0 Å². The maximum absolute atomic E-state index is 12.5. The monoisotopic (exact) mass is 324 g/mol. The fraction of sp³-hybridized carbons (Fsp3) is 0.500. The fourth-order valence-corrected chi connectivity index (χ4v) is 4.12. The van der Waals surface area contributed by atoms with Gasteiger partial charge in [0.05, 0.1) is 4.90 Å². The molecule has 1 aliphatic rings. The van der Waals surface area contributed by atoms with Gasteiger partial charge in [-0.3, -0.25) is 0 Å². The van der Waals surface area contributed by atoms with Crippen LogP contribution in [0.5, 0.6) is 0 Å². The Labute approximate surface area is 125 Å². The maximum Gasteiger partial charge on any atom is 0.243 e. The van der Waals surface area contributed by atoms with E-state index in [0.717, 1.165) is 0 Å². The summed E-state index contributed by atoms with van der Waals surface area (Å²) in [4.78, 5) is 0.348. The summed E-state index contributed by atoms with van der Waals surface area (Å²) in [6.45, 7) is 5.45. The lowest BCUT2D eigenvalue weighted by Crippen LogP contribution is -2.51. The first kappa shape index (κ1) is 16.7. The summed E-state index contributed by atoms with van der Waals surface area (Å²) >= 11 is 5.86. The van der Waals surface area contributed by atoms with E-state index >= 15 is 0 Å². The van der Waals surface area contributed by atoms with Crippen molar-refractivity contribution in [1.29, 1.82) is 0 Å². The molecule has 7 heteroatoms. The van der Waals surface area contributed by atoms with Gasteiger partial charge in [-0.15, -0.1) is 12.4 Å². The van der Waals surface area contributed by atoms with Crippen LogP contribution in [0.3, 0.4) is 0 Å². The lowest BCUT2D eigenvalue weighted by atomic mass is 10.2.